The Balaban J connectivity index is 1.66. The Morgan fingerprint density at radius 2 is 1.88 bits per heavy atom. The summed E-state index contributed by atoms with van der Waals surface area (Å²) in [5, 5.41) is 0. The molecule has 0 N–H and O–H groups in total. The molecule has 1 unspecified atom stereocenters. The standard InChI is InChI=1S/C20H28N2O3/c1-19(2,3)25-18(24)22-11-9-17(23)20(15-22)10-12-21(14-20)13-16-7-5-4-6-8-16/h4-8H,9-15H2,1-3H3. The Kier molecular flexibility index (Phi) is 4.87. The minimum absolute atomic E-state index is 0.294. The predicted molar refractivity (Wildman–Crippen MR) is 96.2 cm³/mol. The first-order valence-corrected chi connectivity index (χ1v) is 9.05. The molecule has 3 rings (SSSR count). The number of hydrogen-bond acceptors (Lipinski definition) is 4. The zero-order valence-corrected chi connectivity index (χ0v) is 15.5. The molecule has 1 amide bonds. The molecular weight excluding hydrogens is 316 g/mol. The van der Waals surface area contributed by atoms with Crippen molar-refractivity contribution in [2.24, 2.45) is 5.41 Å². The average Bonchev–Trinajstić information content (AvgIpc) is 2.93. The lowest BCUT2D eigenvalue weighted by atomic mass is 9.78. The topological polar surface area (TPSA) is 49.9 Å². The second-order valence-electron chi connectivity index (χ2n) is 8.30. The van der Waals surface area contributed by atoms with E-state index in [1.807, 2.05) is 39.0 Å². The average molecular weight is 344 g/mol. The van der Waals surface area contributed by atoms with Gasteiger partial charge in [0.15, 0.2) is 0 Å². The number of Topliss-reactive ketones (excluding diaryl/α,β-unsaturated/α-hetero) is 1. The van der Waals surface area contributed by atoms with Crippen LogP contribution in [0.2, 0.25) is 0 Å². The molecule has 136 valence electrons. The zero-order valence-electron chi connectivity index (χ0n) is 15.5. The molecule has 0 aliphatic carbocycles. The van der Waals surface area contributed by atoms with Crippen molar-refractivity contribution in [3.8, 4) is 0 Å². The van der Waals surface area contributed by atoms with E-state index in [1.165, 1.54) is 5.56 Å². The van der Waals surface area contributed by atoms with Gasteiger partial charge in [0, 0.05) is 32.6 Å². The van der Waals surface area contributed by atoms with Gasteiger partial charge in [0.25, 0.3) is 0 Å². The minimum atomic E-state index is -0.513. The molecule has 1 aromatic rings. The summed E-state index contributed by atoms with van der Waals surface area (Å²) in [4.78, 5) is 29.1. The van der Waals surface area contributed by atoms with Crippen LogP contribution in [0.1, 0.15) is 39.2 Å². The second-order valence-corrected chi connectivity index (χ2v) is 8.30. The lowest BCUT2D eigenvalue weighted by Crippen LogP contribution is -2.53. The quantitative estimate of drug-likeness (QED) is 0.827. The van der Waals surface area contributed by atoms with Gasteiger partial charge in [-0.1, -0.05) is 30.3 Å². The summed E-state index contributed by atoms with van der Waals surface area (Å²) in [7, 11) is 0. The molecule has 1 spiro atoms. The zero-order chi connectivity index (χ0) is 18.1. The number of benzene rings is 1. The Hall–Kier alpha value is -1.88. The summed E-state index contributed by atoms with van der Waals surface area (Å²) in [6, 6.07) is 10.3. The summed E-state index contributed by atoms with van der Waals surface area (Å²) in [5.41, 5.74) is 0.316. The molecule has 0 bridgehead atoms. The van der Waals surface area contributed by atoms with Crippen LogP contribution in [0.5, 0.6) is 0 Å². The molecule has 0 aromatic heterocycles. The fourth-order valence-electron chi connectivity index (χ4n) is 3.81. The van der Waals surface area contributed by atoms with Gasteiger partial charge in [-0.15, -0.1) is 0 Å². The van der Waals surface area contributed by atoms with Crippen LogP contribution in [0.15, 0.2) is 30.3 Å². The minimum Gasteiger partial charge on any atom is -0.444 e. The highest BCUT2D eigenvalue weighted by Crippen LogP contribution is 2.37. The van der Waals surface area contributed by atoms with Gasteiger partial charge in [-0.3, -0.25) is 9.69 Å². The molecule has 1 aromatic carbocycles. The maximum absolute atomic E-state index is 12.7. The van der Waals surface area contributed by atoms with Gasteiger partial charge >= 0.3 is 6.09 Å². The van der Waals surface area contributed by atoms with Gasteiger partial charge in [-0.2, -0.15) is 0 Å². The number of rotatable bonds is 2. The molecule has 2 heterocycles. The third-order valence-corrected chi connectivity index (χ3v) is 5.03. The molecule has 2 saturated heterocycles. The van der Waals surface area contributed by atoms with Crippen molar-refractivity contribution >= 4 is 11.9 Å². The normalized spacial score (nSPS) is 24.8. The van der Waals surface area contributed by atoms with Crippen molar-refractivity contribution in [1.82, 2.24) is 9.80 Å². The fourth-order valence-corrected chi connectivity index (χ4v) is 3.81. The summed E-state index contributed by atoms with van der Waals surface area (Å²) < 4.78 is 5.50. The fraction of sp³-hybridized carbons (Fsp3) is 0.600. The summed E-state index contributed by atoms with van der Waals surface area (Å²) >= 11 is 0. The predicted octanol–water partition coefficient (Wildman–Crippen LogP) is 3.09. The number of ketones is 1. The summed E-state index contributed by atoms with van der Waals surface area (Å²) in [6.07, 6.45) is 0.942. The number of carbonyl (C=O) groups is 2. The molecule has 2 fully saturated rings. The lowest BCUT2D eigenvalue weighted by Gasteiger charge is -2.39. The Morgan fingerprint density at radius 1 is 1.16 bits per heavy atom. The number of carbonyl (C=O) groups excluding carboxylic acids is 2. The van der Waals surface area contributed by atoms with Crippen molar-refractivity contribution in [3.63, 3.8) is 0 Å². The van der Waals surface area contributed by atoms with Crippen LogP contribution in [-0.2, 0) is 16.1 Å². The van der Waals surface area contributed by atoms with Gasteiger partial charge in [0.05, 0.1) is 5.41 Å². The summed E-state index contributed by atoms with van der Waals surface area (Å²) in [5.74, 6) is 0.294. The Bertz CT molecular complexity index is 638. The molecule has 1 atom stereocenters. The second kappa shape index (κ2) is 6.79. The number of ether oxygens (including phenoxy) is 1. The van der Waals surface area contributed by atoms with Gasteiger partial charge in [-0.25, -0.2) is 4.79 Å². The van der Waals surface area contributed by atoms with E-state index in [0.29, 0.717) is 25.3 Å². The van der Waals surface area contributed by atoms with E-state index in [1.54, 1.807) is 4.90 Å². The lowest BCUT2D eigenvalue weighted by molar-refractivity contribution is -0.132. The van der Waals surface area contributed by atoms with Gasteiger partial charge in [0.2, 0.25) is 0 Å². The highest BCUT2D eigenvalue weighted by Gasteiger charge is 2.48. The van der Waals surface area contributed by atoms with Crippen LogP contribution in [-0.4, -0.2) is 53.5 Å². The van der Waals surface area contributed by atoms with Crippen molar-refractivity contribution in [2.75, 3.05) is 26.2 Å². The highest BCUT2D eigenvalue weighted by molar-refractivity contribution is 5.88. The van der Waals surface area contributed by atoms with E-state index >= 15 is 0 Å². The maximum Gasteiger partial charge on any atom is 0.410 e. The molecule has 2 aliphatic rings. The van der Waals surface area contributed by atoms with Crippen LogP contribution >= 0.6 is 0 Å². The largest absolute Gasteiger partial charge is 0.444 e. The van der Waals surface area contributed by atoms with Crippen LogP contribution < -0.4 is 0 Å². The van der Waals surface area contributed by atoms with Gasteiger partial charge in [-0.05, 0) is 39.3 Å². The smallest absolute Gasteiger partial charge is 0.410 e. The maximum atomic E-state index is 12.7. The Morgan fingerprint density at radius 3 is 2.56 bits per heavy atom. The van der Waals surface area contributed by atoms with E-state index in [4.69, 9.17) is 4.74 Å². The van der Waals surface area contributed by atoms with Crippen molar-refractivity contribution in [2.45, 2.75) is 45.8 Å². The molecule has 5 nitrogen and oxygen atoms in total. The van der Waals surface area contributed by atoms with Crippen molar-refractivity contribution < 1.29 is 14.3 Å². The molecule has 0 saturated carbocycles. The molecule has 25 heavy (non-hydrogen) atoms. The van der Waals surface area contributed by atoms with E-state index in [-0.39, 0.29) is 6.09 Å². The number of nitrogens with zero attached hydrogens (tertiary/aromatic N) is 2. The summed E-state index contributed by atoms with van der Waals surface area (Å²) in [6.45, 7) is 9.01. The number of amides is 1. The van der Waals surface area contributed by atoms with Crippen molar-refractivity contribution in [1.29, 1.82) is 0 Å². The highest BCUT2D eigenvalue weighted by atomic mass is 16.6. The van der Waals surface area contributed by atoms with Crippen LogP contribution in [0, 0.1) is 5.41 Å². The van der Waals surface area contributed by atoms with Crippen LogP contribution in [0.4, 0.5) is 4.79 Å². The first kappa shape index (κ1) is 17.9. The molecule has 5 heteroatoms. The number of hydrogen-bond donors (Lipinski definition) is 0. The molecule has 0 radical (unpaired) electrons. The number of likely N-dealkylation sites (tertiary alicyclic amines) is 2. The van der Waals surface area contributed by atoms with Crippen LogP contribution in [0.25, 0.3) is 0 Å². The van der Waals surface area contributed by atoms with E-state index in [9.17, 15) is 9.59 Å². The molecule has 2 aliphatic heterocycles. The first-order valence-electron chi connectivity index (χ1n) is 9.05. The van der Waals surface area contributed by atoms with E-state index < -0.39 is 11.0 Å². The van der Waals surface area contributed by atoms with Gasteiger partial charge < -0.3 is 9.64 Å². The third kappa shape index (κ3) is 4.21. The third-order valence-electron chi connectivity index (χ3n) is 5.03. The van der Waals surface area contributed by atoms with Gasteiger partial charge in [0.1, 0.15) is 11.4 Å². The SMILES string of the molecule is CC(C)(C)OC(=O)N1CCC(=O)C2(CCN(Cc3ccccc3)C2)C1. The van der Waals surface area contributed by atoms with E-state index in [0.717, 1.165) is 26.1 Å². The number of piperidine rings is 1. The molecular formula is C20H28N2O3. The first-order chi connectivity index (χ1) is 11.8. The van der Waals surface area contributed by atoms with Crippen molar-refractivity contribution in [3.05, 3.63) is 35.9 Å². The van der Waals surface area contributed by atoms with Crippen LogP contribution in [0.3, 0.4) is 0 Å². The Labute approximate surface area is 149 Å². The monoisotopic (exact) mass is 344 g/mol. The van der Waals surface area contributed by atoms with E-state index in [2.05, 4.69) is 17.0 Å².